The molecular formula is C16H18FNO2S. The first-order valence-corrected chi connectivity index (χ1v) is 8.22. The van der Waals surface area contributed by atoms with Crippen molar-refractivity contribution in [3.05, 3.63) is 60.2 Å². The Morgan fingerprint density at radius 1 is 1.00 bits per heavy atom. The maximum Gasteiger partial charge on any atom is 0.332 e. The first-order valence-electron chi connectivity index (χ1n) is 6.84. The van der Waals surface area contributed by atoms with Crippen LogP contribution in [0.25, 0.3) is 0 Å². The molecular weight excluding hydrogens is 289 g/mol. The molecule has 2 aromatic rings. The molecule has 0 unspecified atom stereocenters. The summed E-state index contributed by atoms with van der Waals surface area (Å²) in [5, 5.41) is 0. The highest BCUT2D eigenvalue weighted by molar-refractivity contribution is 7.86. The van der Waals surface area contributed by atoms with Crippen molar-refractivity contribution in [2.45, 2.75) is 18.2 Å². The molecule has 21 heavy (non-hydrogen) atoms. The fourth-order valence-corrected chi connectivity index (χ4v) is 2.65. The molecule has 0 saturated carbocycles. The van der Waals surface area contributed by atoms with Crippen LogP contribution in [-0.2, 0) is 16.6 Å². The fraction of sp³-hybridized carbons (Fsp3) is 0.250. The van der Waals surface area contributed by atoms with Gasteiger partial charge in [0.15, 0.2) is 0 Å². The van der Waals surface area contributed by atoms with Gasteiger partial charge in [0.2, 0.25) is 0 Å². The van der Waals surface area contributed by atoms with Gasteiger partial charge in [0, 0.05) is 18.8 Å². The Morgan fingerprint density at radius 3 is 2.14 bits per heavy atom. The summed E-state index contributed by atoms with van der Waals surface area (Å²) in [6.07, 6.45) is 0.773. The highest BCUT2D eigenvalue weighted by atomic mass is 32.3. The highest BCUT2D eigenvalue weighted by Crippen LogP contribution is 2.16. The average molecular weight is 307 g/mol. The zero-order chi connectivity index (χ0) is 15.3. The van der Waals surface area contributed by atoms with Crippen LogP contribution < -0.4 is 4.90 Å². The third-order valence-corrected chi connectivity index (χ3v) is 4.21. The van der Waals surface area contributed by atoms with Gasteiger partial charge >= 0.3 is 10.2 Å². The molecule has 0 bridgehead atoms. The Balaban J connectivity index is 2.02. The van der Waals surface area contributed by atoms with Crippen molar-refractivity contribution in [2.24, 2.45) is 0 Å². The van der Waals surface area contributed by atoms with E-state index >= 15 is 0 Å². The normalized spacial score (nSPS) is 11.3. The lowest BCUT2D eigenvalue weighted by atomic mass is 10.1. The topological polar surface area (TPSA) is 37.4 Å². The van der Waals surface area contributed by atoms with Gasteiger partial charge in [0.25, 0.3) is 0 Å². The number of hydrogen-bond acceptors (Lipinski definition) is 3. The average Bonchev–Trinajstić information content (AvgIpc) is 2.48. The Hall–Kier alpha value is -1.88. The Bertz CT molecular complexity index is 669. The molecule has 112 valence electrons. The number of hydrogen-bond donors (Lipinski definition) is 0. The standard InChI is InChI=1S/C16H18FNO2S/c1-2-18(15-6-4-3-5-7-15)13-12-14-8-10-16(11-9-14)21(17,19)20/h3-11H,2,12-13H2,1H3. The van der Waals surface area contributed by atoms with E-state index in [9.17, 15) is 12.3 Å². The summed E-state index contributed by atoms with van der Waals surface area (Å²) in [5.74, 6) is 0. The lowest BCUT2D eigenvalue weighted by molar-refractivity contribution is 0.552. The van der Waals surface area contributed by atoms with E-state index < -0.39 is 10.2 Å². The molecule has 2 aromatic carbocycles. The van der Waals surface area contributed by atoms with Crippen LogP contribution in [0.15, 0.2) is 59.5 Å². The van der Waals surface area contributed by atoms with E-state index in [-0.39, 0.29) is 4.90 Å². The predicted molar refractivity (Wildman–Crippen MR) is 82.8 cm³/mol. The zero-order valence-corrected chi connectivity index (χ0v) is 12.7. The largest absolute Gasteiger partial charge is 0.371 e. The van der Waals surface area contributed by atoms with Crippen molar-refractivity contribution in [2.75, 3.05) is 18.0 Å². The molecule has 0 N–H and O–H groups in total. The summed E-state index contributed by atoms with van der Waals surface area (Å²) >= 11 is 0. The highest BCUT2D eigenvalue weighted by Gasteiger charge is 2.11. The SMILES string of the molecule is CCN(CCc1ccc(S(=O)(=O)F)cc1)c1ccccc1. The monoisotopic (exact) mass is 307 g/mol. The molecule has 3 nitrogen and oxygen atoms in total. The first-order chi connectivity index (χ1) is 10.0. The van der Waals surface area contributed by atoms with E-state index in [0.717, 1.165) is 30.8 Å². The van der Waals surface area contributed by atoms with Crippen molar-refractivity contribution in [1.29, 1.82) is 0 Å². The minimum absolute atomic E-state index is 0.290. The van der Waals surface area contributed by atoms with E-state index in [1.165, 1.54) is 12.1 Å². The molecule has 0 heterocycles. The molecule has 0 saturated heterocycles. The van der Waals surface area contributed by atoms with Gasteiger partial charge in [-0.25, -0.2) is 0 Å². The number of halogens is 1. The second kappa shape index (κ2) is 6.72. The Kier molecular flexibility index (Phi) is 4.96. The zero-order valence-electron chi connectivity index (χ0n) is 11.9. The van der Waals surface area contributed by atoms with E-state index in [1.54, 1.807) is 12.1 Å². The third kappa shape index (κ3) is 4.29. The van der Waals surface area contributed by atoms with E-state index in [2.05, 4.69) is 24.0 Å². The molecule has 0 aliphatic rings. The summed E-state index contributed by atoms with van der Waals surface area (Å²) < 4.78 is 34.3. The van der Waals surface area contributed by atoms with Crippen LogP contribution in [0.2, 0.25) is 0 Å². The second-order valence-corrected chi connectivity index (χ2v) is 6.09. The van der Waals surface area contributed by atoms with Gasteiger partial charge in [-0.15, -0.1) is 3.89 Å². The van der Waals surface area contributed by atoms with Crippen molar-refractivity contribution < 1.29 is 12.3 Å². The van der Waals surface area contributed by atoms with E-state index in [4.69, 9.17) is 0 Å². The minimum atomic E-state index is -4.61. The number of likely N-dealkylation sites (N-methyl/N-ethyl adjacent to an activating group) is 1. The summed E-state index contributed by atoms with van der Waals surface area (Å²) in [6, 6.07) is 16.0. The van der Waals surface area contributed by atoms with E-state index in [1.807, 2.05) is 18.2 Å². The van der Waals surface area contributed by atoms with Crippen LogP contribution in [0.1, 0.15) is 12.5 Å². The van der Waals surface area contributed by atoms with Crippen LogP contribution in [-0.4, -0.2) is 21.5 Å². The molecule has 0 amide bonds. The van der Waals surface area contributed by atoms with Gasteiger partial charge in [-0.05, 0) is 43.2 Å². The molecule has 0 fully saturated rings. The molecule has 0 aromatic heterocycles. The fourth-order valence-electron chi connectivity index (χ4n) is 2.19. The maximum atomic E-state index is 12.8. The predicted octanol–water partition coefficient (Wildman–Crippen LogP) is 3.41. The van der Waals surface area contributed by atoms with Gasteiger partial charge in [0.1, 0.15) is 0 Å². The maximum absolute atomic E-state index is 12.8. The van der Waals surface area contributed by atoms with Gasteiger partial charge in [-0.2, -0.15) is 8.42 Å². The number of para-hydroxylation sites is 1. The van der Waals surface area contributed by atoms with Crippen LogP contribution >= 0.6 is 0 Å². The lowest BCUT2D eigenvalue weighted by Gasteiger charge is -2.23. The third-order valence-electron chi connectivity index (χ3n) is 3.38. The van der Waals surface area contributed by atoms with Gasteiger partial charge < -0.3 is 4.90 Å². The second-order valence-electron chi connectivity index (χ2n) is 4.75. The van der Waals surface area contributed by atoms with Gasteiger partial charge in [-0.3, -0.25) is 0 Å². The minimum Gasteiger partial charge on any atom is -0.371 e. The van der Waals surface area contributed by atoms with Crippen molar-refractivity contribution in [3.8, 4) is 0 Å². The molecule has 0 aliphatic heterocycles. The lowest BCUT2D eigenvalue weighted by Crippen LogP contribution is -2.25. The molecule has 0 aliphatic carbocycles. The van der Waals surface area contributed by atoms with Crippen LogP contribution in [0, 0.1) is 0 Å². The van der Waals surface area contributed by atoms with Crippen molar-refractivity contribution in [3.63, 3.8) is 0 Å². The number of anilines is 1. The van der Waals surface area contributed by atoms with Crippen LogP contribution in [0.3, 0.4) is 0 Å². The Labute approximate surface area is 125 Å². The van der Waals surface area contributed by atoms with Crippen molar-refractivity contribution in [1.82, 2.24) is 0 Å². The number of rotatable bonds is 6. The Morgan fingerprint density at radius 2 is 1.62 bits per heavy atom. The van der Waals surface area contributed by atoms with Crippen LogP contribution in [0.4, 0.5) is 9.57 Å². The molecule has 2 rings (SSSR count). The van der Waals surface area contributed by atoms with Gasteiger partial charge in [-0.1, -0.05) is 30.3 Å². The molecule has 5 heteroatoms. The van der Waals surface area contributed by atoms with Crippen molar-refractivity contribution >= 4 is 15.9 Å². The number of benzene rings is 2. The van der Waals surface area contributed by atoms with Gasteiger partial charge in [0.05, 0.1) is 4.90 Å². The van der Waals surface area contributed by atoms with Crippen LogP contribution in [0.5, 0.6) is 0 Å². The molecule has 0 spiro atoms. The molecule has 0 atom stereocenters. The summed E-state index contributed by atoms with van der Waals surface area (Å²) in [6.45, 7) is 3.80. The molecule has 0 radical (unpaired) electrons. The summed E-state index contributed by atoms with van der Waals surface area (Å²) in [5.41, 5.74) is 2.14. The van der Waals surface area contributed by atoms with E-state index in [0.29, 0.717) is 0 Å². The quantitative estimate of drug-likeness (QED) is 0.768. The first kappa shape index (κ1) is 15.5. The smallest absolute Gasteiger partial charge is 0.332 e. The summed E-state index contributed by atoms with van der Waals surface area (Å²) in [7, 11) is -4.61. The summed E-state index contributed by atoms with van der Waals surface area (Å²) in [4.78, 5) is 1.95. The number of nitrogens with zero attached hydrogens (tertiary/aromatic N) is 1.